The van der Waals surface area contributed by atoms with Gasteiger partial charge in [-0.05, 0) is 61.4 Å². The lowest BCUT2D eigenvalue weighted by molar-refractivity contribution is -0.122. The van der Waals surface area contributed by atoms with Crippen molar-refractivity contribution in [1.82, 2.24) is 10.3 Å². The van der Waals surface area contributed by atoms with Gasteiger partial charge < -0.3 is 15.4 Å². The van der Waals surface area contributed by atoms with Crippen molar-refractivity contribution in [1.29, 1.82) is 0 Å². The van der Waals surface area contributed by atoms with E-state index in [-0.39, 0.29) is 11.9 Å². The Bertz CT molecular complexity index is 1080. The minimum absolute atomic E-state index is 0.00528. The lowest BCUT2D eigenvalue weighted by Crippen LogP contribution is -2.45. The minimum atomic E-state index is -1.09. The predicted octanol–water partition coefficient (Wildman–Crippen LogP) is 4.60. The molecule has 0 spiro atoms. The quantitative estimate of drug-likeness (QED) is 0.540. The third-order valence-electron chi connectivity index (χ3n) is 5.56. The number of aromatic nitrogens is 1. The van der Waals surface area contributed by atoms with Gasteiger partial charge in [0.2, 0.25) is 5.91 Å². The molecule has 0 bridgehead atoms. The number of H-pyrrole nitrogens is 1. The molecule has 30 heavy (non-hydrogen) atoms. The maximum absolute atomic E-state index is 12.5. The van der Waals surface area contributed by atoms with Gasteiger partial charge in [-0.3, -0.25) is 4.79 Å². The van der Waals surface area contributed by atoms with Crippen molar-refractivity contribution < 1.29 is 9.90 Å². The molecule has 1 amide bonds. The van der Waals surface area contributed by atoms with Crippen LogP contribution in [0.3, 0.4) is 0 Å². The minimum Gasteiger partial charge on any atom is -0.378 e. The summed E-state index contributed by atoms with van der Waals surface area (Å²) in [4.78, 5) is 15.8. The van der Waals surface area contributed by atoms with E-state index < -0.39 is 5.60 Å². The fourth-order valence-electron chi connectivity index (χ4n) is 4.06. The monoisotopic (exact) mass is 420 g/mol. The molecule has 154 valence electrons. The zero-order valence-corrected chi connectivity index (χ0v) is 17.5. The molecule has 4 rings (SSSR count). The van der Waals surface area contributed by atoms with E-state index in [1.807, 2.05) is 30.3 Å². The molecule has 0 aliphatic heterocycles. The molecule has 0 saturated heterocycles. The van der Waals surface area contributed by atoms with Gasteiger partial charge in [-0.25, -0.2) is 0 Å². The van der Waals surface area contributed by atoms with Crippen molar-refractivity contribution >= 4 is 28.4 Å². The highest BCUT2D eigenvalue weighted by molar-refractivity contribution is 6.30. The fraction of sp³-hybridized carbons (Fsp3) is 0.320. The molecule has 0 unspecified atom stereocenters. The smallest absolute Gasteiger partial charge is 0.220 e. The van der Waals surface area contributed by atoms with Crippen LogP contribution in [0.2, 0.25) is 5.02 Å². The van der Waals surface area contributed by atoms with Crippen molar-refractivity contribution in [2.75, 3.05) is 0 Å². The SMILES string of the molecule is O=C(CCc1cc2ccccc2[nH]1)N[C@H]1CCC[C@@](O)(C#Cc2cccc(Cl)c2)C1. The topological polar surface area (TPSA) is 65.1 Å². The molecule has 5 heteroatoms. The Hall–Kier alpha value is -2.74. The molecule has 1 aromatic heterocycles. The first-order valence-electron chi connectivity index (χ1n) is 10.4. The summed E-state index contributed by atoms with van der Waals surface area (Å²) in [5.41, 5.74) is 1.83. The number of aryl methyl sites for hydroxylation is 1. The Kier molecular flexibility index (Phi) is 6.13. The van der Waals surface area contributed by atoms with E-state index in [2.05, 4.69) is 34.3 Å². The van der Waals surface area contributed by atoms with E-state index in [9.17, 15) is 9.90 Å². The van der Waals surface area contributed by atoms with Crippen LogP contribution in [-0.2, 0) is 11.2 Å². The molecule has 1 saturated carbocycles. The van der Waals surface area contributed by atoms with E-state index in [0.717, 1.165) is 35.0 Å². The number of rotatable bonds is 4. The van der Waals surface area contributed by atoms with E-state index in [0.29, 0.717) is 30.7 Å². The number of aliphatic hydroxyl groups is 1. The third-order valence-corrected chi connectivity index (χ3v) is 5.80. The molecule has 2 aromatic carbocycles. The van der Waals surface area contributed by atoms with E-state index in [1.165, 1.54) is 0 Å². The van der Waals surface area contributed by atoms with Gasteiger partial charge in [0, 0.05) is 40.7 Å². The van der Waals surface area contributed by atoms with Crippen LogP contribution in [0.15, 0.2) is 54.6 Å². The summed E-state index contributed by atoms with van der Waals surface area (Å²) < 4.78 is 0. The lowest BCUT2D eigenvalue weighted by Gasteiger charge is -2.33. The molecule has 1 heterocycles. The average Bonchev–Trinajstić information content (AvgIpc) is 3.14. The second-order valence-electron chi connectivity index (χ2n) is 8.03. The molecule has 1 aliphatic carbocycles. The van der Waals surface area contributed by atoms with Gasteiger partial charge in [0.15, 0.2) is 0 Å². The summed E-state index contributed by atoms with van der Waals surface area (Å²) in [6, 6.07) is 17.4. The van der Waals surface area contributed by atoms with E-state index in [4.69, 9.17) is 11.6 Å². The number of hydrogen-bond acceptors (Lipinski definition) is 2. The third kappa shape index (κ3) is 5.24. The first kappa shape index (κ1) is 20.5. The van der Waals surface area contributed by atoms with Crippen LogP contribution < -0.4 is 5.32 Å². The molecule has 1 fully saturated rings. The maximum atomic E-state index is 12.5. The van der Waals surface area contributed by atoms with Crippen molar-refractivity contribution in [3.8, 4) is 11.8 Å². The highest BCUT2D eigenvalue weighted by Crippen LogP contribution is 2.28. The molecule has 3 N–H and O–H groups in total. The van der Waals surface area contributed by atoms with Gasteiger partial charge in [0.1, 0.15) is 5.60 Å². The fourth-order valence-corrected chi connectivity index (χ4v) is 4.25. The number of amides is 1. The Morgan fingerprint density at radius 3 is 2.93 bits per heavy atom. The zero-order chi connectivity index (χ0) is 21.0. The number of carbonyl (C=O) groups is 1. The standard InChI is InChI=1S/C25H25ClN2O2/c26-20-7-3-5-18(15-20)12-14-25(30)13-4-8-22(17-25)28-24(29)11-10-21-16-19-6-1-2-9-23(19)27-21/h1-3,5-7,9,15-16,22,27,30H,4,8,10-11,13,17H2,(H,28,29)/t22-,25+/m0/s1. The van der Waals surface area contributed by atoms with Crippen LogP contribution in [0.4, 0.5) is 0 Å². The van der Waals surface area contributed by atoms with Crippen LogP contribution in [0.1, 0.15) is 43.4 Å². The Balaban J connectivity index is 1.32. The molecule has 2 atom stereocenters. The van der Waals surface area contributed by atoms with Crippen LogP contribution in [0, 0.1) is 11.8 Å². The normalized spacial score (nSPS) is 21.1. The largest absolute Gasteiger partial charge is 0.378 e. The molecular formula is C25H25ClN2O2. The van der Waals surface area contributed by atoms with Crippen molar-refractivity contribution in [2.24, 2.45) is 0 Å². The Morgan fingerprint density at radius 1 is 1.23 bits per heavy atom. The van der Waals surface area contributed by atoms with Crippen molar-refractivity contribution in [3.63, 3.8) is 0 Å². The Labute approximate surface area is 181 Å². The molecular weight excluding hydrogens is 396 g/mol. The van der Waals surface area contributed by atoms with Crippen LogP contribution in [0.5, 0.6) is 0 Å². The van der Waals surface area contributed by atoms with Gasteiger partial charge in [-0.1, -0.05) is 47.7 Å². The van der Waals surface area contributed by atoms with Gasteiger partial charge in [-0.15, -0.1) is 0 Å². The molecule has 4 nitrogen and oxygen atoms in total. The number of aromatic amines is 1. The highest BCUT2D eigenvalue weighted by atomic mass is 35.5. The van der Waals surface area contributed by atoms with Crippen molar-refractivity contribution in [2.45, 2.75) is 50.2 Å². The van der Waals surface area contributed by atoms with Crippen LogP contribution in [-0.4, -0.2) is 27.6 Å². The summed E-state index contributed by atoms with van der Waals surface area (Å²) in [6.07, 6.45) is 3.82. The van der Waals surface area contributed by atoms with E-state index >= 15 is 0 Å². The summed E-state index contributed by atoms with van der Waals surface area (Å²) in [5, 5.41) is 15.8. The number of hydrogen-bond donors (Lipinski definition) is 3. The highest BCUT2D eigenvalue weighted by Gasteiger charge is 2.33. The van der Waals surface area contributed by atoms with Gasteiger partial charge >= 0.3 is 0 Å². The number of benzene rings is 2. The molecule has 1 aliphatic rings. The van der Waals surface area contributed by atoms with Crippen LogP contribution in [0.25, 0.3) is 10.9 Å². The number of fused-ring (bicyclic) bond motifs is 1. The van der Waals surface area contributed by atoms with Gasteiger partial charge in [0.25, 0.3) is 0 Å². The predicted molar refractivity (Wildman–Crippen MR) is 120 cm³/mol. The zero-order valence-electron chi connectivity index (χ0n) is 16.7. The van der Waals surface area contributed by atoms with Crippen LogP contribution >= 0.6 is 11.6 Å². The summed E-state index contributed by atoms with van der Waals surface area (Å²) in [7, 11) is 0. The number of nitrogens with one attached hydrogen (secondary N) is 2. The number of halogens is 1. The van der Waals surface area contributed by atoms with Gasteiger partial charge in [0.05, 0.1) is 0 Å². The van der Waals surface area contributed by atoms with Gasteiger partial charge in [-0.2, -0.15) is 0 Å². The number of carbonyl (C=O) groups excluding carboxylic acids is 1. The summed E-state index contributed by atoms with van der Waals surface area (Å²) in [6.45, 7) is 0. The first-order chi connectivity index (χ1) is 14.5. The Morgan fingerprint density at radius 2 is 2.10 bits per heavy atom. The maximum Gasteiger partial charge on any atom is 0.220 e. The summed E-state index contributed by atoms with van der Waals surface area (Å²) in [5.74, 6) is 6.04. The first-order valence-corrected chi connectivity index (χ1v) is 10.7. The van der Waals surface area contributed by atoms with E-state index in [1.54, 1.807) is 12.1 Å². The number of para-hydroxylation sites is 1. The second kappa shape index (κ2) is 8.95. The lowest BCUT2D eigenvalue weighted by atomic mass is 9.82. The molecule has 3 aromatic rings. The second-order valence-corrected chi connectivity index (χ2v) is 8.47. The molecule has 0 radical (unpaired) electrons. The summed E-state index contributed by atoms with van der Waals surface area (Å²) >= 11 is 6.00. The average molecular weight is 421 g/mol. The van der Waals surface area contributed by atoms with Crippen molar-refractivity contribution in [3.05, 3.63) is 70.9 Å².